The fourth-order valence-corrected chi connectivity index (χ4v) is 4.53. The Labute approximate surface area is 195 Å². The number of azo groups is 1. The fourth-order valence-electron chi connectivity index (χ4n) is 3.33. The summed E-state index contributed by atoms with van der Waals surface area (Å²) in [6.45, 7) is 2.18. The first-order chi connectivity index (χ1) is 15.8. The highest BCUT2D eigenvalue weighted by molar-refractivity contribution is 7.94. The SMILES string of the molecule is CCCCCCc1ccc(N=Nc2c(O)ccc3cc(S(=O)(=O)O)cc(SOOO)c23)cc1. The van der Waals surface area contributed by atoms with Crippen LogP contribution in [-0.2, 0) is 25.9 Å². The van der Waals surface area contributed by atoms with E-state index in [9.17, 15) is 18.1 Å². The zero-order valence-electron chi connectivity index (χ0n) is 17.8. The molecule has 0 aliphatic carbocycles. The molecule has 3 rings (SSSR count). The topological polar surface area (TPSA) is 138 Å². The number of hydrogen-bond donors (Lipinski definition) is 3. The molecule has 0 aromatic heterocycles. The molecule has 9 nitrogen and oxygen atoms in total. The van der Waals surface area contributed by atoms with Crippen molar-refractivity contribution in [1.82, 2.24) is 0 Å². The summed E-state index contributed by atoms with van der Waals surface area (Å²) < 4.78 is 37.1. The van der Waals surface area contributed by atoms with Gasteiger partial charge in [0, 0.05) is 5.39 Å². The molecule has 176 valence electrons. The summed E-state index contributed by atoms with van der Waals surface area (Å²) in [5, 5.41) is 31.5. The van der Waals surface area contributed by atoms with Gasteiger partial charge in [0.25, 0.3) is 10.1 Å². The molecule has 0 atom stereocenters. The highest BCUT2D eigenvalue weighted by atomic mass is 32.2. The average molecular weight is 493 g/mol. The van der Waals surface area contributed by atoms with Gasteiger partial charge in [0.1, 0.15) is 11.4 Å². The van der Waals surface area contributed by atoms with E-state index >= 15 is 0 Å². The van der Waals surface area contributed by atoms with Crippen molar-refractivity contribution in [3.8, 4) is 5.75 Å². The zero-order chi connectivity index (χ0) is 23.8. The Hall–Kier alpha value is -2.54. The monoisotopic (exact) mass is 492 g/mol. The van der Waals surface area contributed by atoms with Crippen molar-refractivity contribution < 1.29 is 32.7 Å². The van der Waals surface area contributed by atoms with Crippen LogP contribution in [0.15, 0.2) is 68.6 Å². The molecule has 0 radical (unpaired) electrons. The first-order valence-corrected chi connectivity index (χ1v) is 12.4. The van der Waals surface area contributed by atoms with Crippen molar-refractivity contribution >= 4 is 44.3 Å². The number of aryl methyl sites for hydroxylation is 1. The maximum Gasteiger partial charge on any atom is 0.294 e. The Balaban J connectivity index is 1.95. The molecule has 0 fully saturated rings. The van der Waals surface area contributed by atoms with Crippen LogP contribution in [0.4, 0.5) is 11.4 Å². The molecule has 0 aliphatic heterocycles. The maximum absolute atomic E-state index is 11.6. The highest BCUT2D eigenvalue weighted by Crippen LogP contribution is 2.42. The van der Waals surface area contributed by atoms with E-state index in [0.29, 0.717) is 28.5 Å². The summed E-state index contributed by atoms with van der Waals surface area (Å²) in [5.41, 5.74) is 1.83. The van der Waals surface area contributed by atoms with Crippen molar-refractivity contribution in [2.75, 3.05) is 0 Å². The smallest absolute Gasteiger partial charge is 0.294 e. The minimum atomic E-state index is -4.52. The van der Waals surface area contributed by atoms with Gasteiger partial charge in [-0.2, -0.15) is 13.5 Å². The lowest BCUT2D eigenvalue weighted by atomic mass is 10.1. The minimum absolute atomic E-state index is 0.0575. The number of benzene rings is 3. The second kappa shape index (κ2) is 11.5. The van der Waals surface area contributed by atoms with E-state index in [1.54, 1.807) is 0 Å². The van der Waals surface area contributed by atoms with Crippen molar-refractivity contribution in [1.29, 1.82) is 0 Å². The second-order valence-electron chi connectivity index (χ2n) is 7.33. The molecule has 0 unspecified atom stereocenters. The number of phenols is 1. The van der Waals surface area contributed by atoms with Crippen LogP contribution in [-0.4, -0.2) is 23.3 Å². The molecule has 0 spiro atoms. The standard InChI is InChI=1S/C22H24N2O7S2/c1-2-3-4-5-6-15-7-10-17(11-8-15)23-24-22-19(25)12-9-16-13-18(33(27,28)29)14-20(21(16)22)32-31-30-26/h7-14,25-26H,2-6H2,1H3,(H,27,28,29). The molecule has 0 amide bonds. The Kier molecular flexibility index (Phi) is 8.78. The van der Waals surface area contributed by atoms with E-state index in [4.69, 9.17) is 5.26 Å². The predicted molar refractivity (Wildman–Crippen MR) is 125 cm³/mol. The normalized spacial score (nSPS) is 12.1. The van der Waals surface area contributed by atoms with Crippen LogP contribution in [0.1, 0.15) is 38.2 Å². The average Bonchev–Trinajstić information content (AvgIpc) is 2.79. The number of aromatic hydroxyl groups is 1. The Morgan fingerprint density at radius 2 is 1.76 bits per heavy atom. The maximum atomic E-state index is 11.6. The van der Waals surface area contributed by atoms with Gasteiger partial charge in [-0.3, -0.25) is 4.55 Å². The quantitative estimate of drug-likeness (QED) is 0.0666. The van der Waals surface area contributed by atoms with Gasteiger partial charge in [0.2, 0.25) is 0 Å². The largest absolute Gasteiger partial charge is 0.506 e. The molecule has 0 saturated heterocycles. The van der Waals surface area contributed by atoms with Gasteiger partial charge in [-0.15, -0.1) is 9.45 Å². The van der Waals surface area contributed by atoms with Gasteiger partial charge in [0.05, 0.1) is 27.5 Å². The molecule has 3 aromatic carbocycles. The predicted octanol–water partition coefficient (Wildman–Crippen LogP) is 6.76. The third-order valence-corrected chi connectivity index (χ3v) is 6.44. The van der Waals surface area contributed by atoms with E-state index < -0.39 is 15.0 Å². The molecule has 3 aromatic rings. The van der Waals surface area contributed by atoms with Gasteiger partial charge in [0.15, 0.2) is 0 Å². The first-order valence-electron chi connectivity index (χ1n) is 10.3. The van der Waals surface area contributed by atoms with Crippen LogP contribution in [0.3, 0.4) is 0 Å². The molecule has 11 heteroatoms. The summed E-state index contributed by atoms with van der Waals surface area (Å²) in [7, 11) is -4.52. The van der Waals surface area contributed by atoms with Crippen molar-refractivity contribution in [3.05, 3.63) is 54.1 Å². The van der Waals surface area contributed by atoms with Crippen molar-refractivity contribution in [3.63, 3.8) is 0 Å². The minimum Gasteiger partial charge on any atom is -0.506 e. The molecule has 0 aliphatic rings. The van der Waals surface area contributed by atoms with E-state index in [0.717, 1.165) is 18.9 Å². The van der Waals surface area contributed by atoms with Gasteiger partial charge < -0.3 is 5.11 Å². The molecule has 0 bridgehead atoms. The van der Waals surface area contributed by atoms with Crippen LogP contribution < -0.4 is 0 Å². The zero-order valence-corrected chi connectivity index (χ0v) is 19.5. The number of unbranched alkanes of at least 4 members (excludes halogenated alkanes) is 3. The summed E-state index contributed by atoms with van der Waals surface area (Å²) in [6, 6.07) is 12.7. The summed E-state index contributed by atoms with van der Waals surface area (Å²) in [6.07, 6.45) is 5.73. The van der Waals surface area contributed by atoms with Crippen LogP contribution in [0.2, 0.25) is 0 Å². The highest BCUT2D eigenvalue weighted by Gasteiger charge is 2.19. The van der Waals surface area contributed by atoms with Crippen LogP contribution >= 0.6 is 12.0 Å². The van der Waals surface area contributed by atoms with Crippen LogP contribution in [0.25, 0.3) is 10.8 Å². The number of rotatable bonds is 11. The molecule has 3 N–H and O–H groups in total. The van der Waals surface area contributed by atoms with E-state index in [2.05, 4.69) is 26.5 Å². The number of nitrogens with zero attached hydrogens (tertiary/aromatic N) is 2. The summed E-state index contributed by atoms with van der Waals surface area (Å²) in [5.74, 6) is -0.204. The summed E-state index contributed by atoms with van der Waals surface area (Å²) in [4.78, 5) is -0.288. The van der Waals surface area contributed by atoms with Crippen LogP contribution in [0, 0.1) is 0 Å². The molecular formula is C22H24N2O7S2. The van der Waals surface area contributed by atoms with E-state index in [-0.39, 0.29) is 16.3 Å². The lowest BCUT2D eigenvalue weighted by Gasteiger charge is -2.10. The lowest BCUT2D eigenvalue weighted by molar-refractivity contribution is -0.432. The first kappa shape index (κ1) is 25.1. The van der Waals surface area contributed by atoms with Crippen molar-refractivity contribution in [2.45, 2.75) is 48.8 Å². The van der Waals surface area contributed by atoms with E-state index in [1.807, 2.05) is 24.3 Å². The number of phenolic OH excluding ortho intramolecular Hbond substituents is 1. The number of fused-ring (bicyclic) bond motifs is 1. The van der Waals surface area contributed by atoms with E-state index in [1.165, 1.54) is 43.0 Å². The molecule has 0 saturated carbocycles. The van der Waals surface area contributed by atoms with Gasteiger partial charge in [-0.05, 0) is 54.1 Å². The fraction of sp³-hybridized carbons (Fsp3) is 0.273. The third kappa shape index (κ3) is 6.73. The Morgan fingerprint density at radius 3 is 2.42 bits per heavy atom. The Morgan fingerprint density at radius 1 is 1.00 bits per heavy atom. The van der Waals surface area contributed by atoms with Crippen molar-refractivity contribution in [2.24, 2.45) is 10.2 Å². The second-order valence-corrected chi connectivity index (χ2v) is 9.50. The lowest BCUT2D eigenvalue weighted by Crippen LogP contribution is -1.98. The van der Waals surface area contributed by atoms with Gasteiger partial charge in [-0.1, -0.05) is 49.4 Å². The third-order valence-electron chi connectivity index (χ3n) is 4.98. The van der Waals surface area contributed by atoms with Crippen LogP contribution in [0.5, 0.6) is 5.75 Å². The number of hydrogen-bond acceptors (Lipinski definition) is 9. The van der Waals surface area contributed by atoms with Gasteiger partial charge >= 0.3 is 0 Å². The van der Waals surface area contributed by atoms with Gasteiger partial charge in [-0.25, -0.2) is 5.26 Å². The summed E-state index contributed by atoms with van der Waals surface area (Å²) >= 11 is 0.477. The Bertz CT molecular complexity index is 1230. The molecular weight excluding hydrogens is 468 g/mol. The molecule has 0 heterocycles. The molecule has 33 heavy (non-hydrogen) atoms.